The lowest BCUT2D eigenvalue weighted by Crippen LogP contribution is -2.46. The van der Waals surface area contributed by atoms with Gasteiger partial charge in [-0.05, 0) is 59.8 Å². The zero-order valence-corrected chi connectivity index (χ0v) is 19.8. The zero-order valence-electron chi connectivity index (χ0n) is 19.8. The minimum absolute atomic E-state index is 0.00293. The number of ether oxygens (including phenoxy) is 1. The van der Waals surface area contributed by atoms with E-state index >= 15 is 0 Å². The first-order chi connectivity index (χ1) is 16.9. The molecule has 6 rings (SSSR count). The van der Waals surface area contributed by atoms with Gasteiger partial charge in [0, 0.05) is 18.5 Å². The first kappa shape index (κ1) is 22.1. The van der Waals surface area contributed by atoms with Gasteiger partial charge in [0.1, 0.15) is 12.6 Å². The van der Waals surface area contributed by atoms with E-state index in [0.717, 1.165) is 12.8 Å². The van der Waals surface area contributed by atoms with Crippen molar-refractivity contribution in [1.29, 1.82) is 0 Å². The zero-order chi connectivity index (χ0) is 24.3. The molecule has 7 heteroatoms. The molecule has 0 bridgehead atoms. The van der Waals surface area contributed by atoms with E-state index in [1.807, 2.05) is 31.2 Å². The number of nitrogens with one attached hydrogen (secondary N) is 1. The van der Waals surface area contributed by atoms with Crippen LogP contribution in [0.2, 0.25) is 0 Å². The number of fused-ring (bicyclic) bond motifs is 4. The summed E-state index contributed by atoms with van der Waals surface area (Å²) in [5.41, 5.74) is 4.19. The Balaban J connectivity index is 1.08. The summed E-state index contributed by atoms with van der Waals surface area (Å²) < 4.78 is 5.68. The maximum Gasteiger partial charge on any atom is 0.407 e. The molecule has 3 fully saturated rings. The van der Waals surface area contributed by atoms with Crippen LogP contribution in [0.1, 0.15) is 49.7 Å². The molecule has 2 N–H and O–H groups in total. The van der Waals surface area contributed by atoms with Gasteiger partial charge in [-0.15, -0.1) is 0 Å². The van der Waals surface area contributed by atoms with Crippen molar-refractivity contribution >= 4 is 18.0 Å². The van der Waals surface area contributed by atoms with Crippen molar-refractivity contribution in [2.45, 2.75) is 50.6 Å². The SMILES string of the molecule is CC1CCN(C(=O)[C@]23C[C@H](NC(=O)OCC4c5ccccc5-c5ccccc54)C[C@H]2C3)C1C(=O)O. The summed E-state index contributed by atoms with van der Waals surface area (Å²) in [5.74, 6) is -0.803. The lowest BCUT2D eigenvalue weighted by Gasteiger charge is -2.28. The second-order valence-corrected chi connectivity index (χ2v) is 10.7. The van der Waals surface area contributed by atoms with Crippen LogP contribution in [0.15, 0.2) is 48.5 Å². The molecule has 0 radical (unpaired) electrons. The minimum Gasteiger partial charge on any atom is -0.480 e. The molecule has 1 heterocycles. The van der Waals surface area contributed by atoms with E-state index in [1.165, 1.54) is 22.3 Å². The van der Waals surface area contributed by atoms with Crippen LogP contribution in [0, 0.1) is 17.3 Å². The molecule has 0 aromatic heterocycles. The normalized spacial score (nSPS) is 30.4. The van der Waals surface area contributed by atoms with Crippen LogP contribution in [-0.4, -0.2) is 53.2 Å². The van der Waals surface area contributed by atoms with Gasteiger partial charge in [0.25, 0.3) is 0 Å². The van der Waals surface area contributed by atoms with E-state index in [-0.39, 0.29) is 36.3 Å². The molecule has 3 aliphatic carbocycles. The van der Waals surface area contributed by atoms with Gasteiger partial charge in [0.05, 0.1) is 5.41 Å². The number of carboxylic acid groups (broad SMARTS) is 1. The summed E-state index contributed by atoms with van der Waals surface area (Å²) in [5, 5.41) is 12.6. The molecule has 2 aromatic rings. The Labute approximate surface area is 204 Å². The summed E-state index contributed by atoms with van der Waals surface area (Å²) in [6.07, 6.45) is 2.32. The van der Waals surface area contributed by atoms with E-state index in [9.17, 15) is 19.5 Å². The fourth-order valence-corrected chi connectivity index (χ4v) is 6.91. The largest absolute Gasteiger partial charge is 0.480 e. The molecule has 2 unspecified atom stereocenters. The molecule has 1 saturated heterocycles. The number of hydrogen-bond donors (Lipinski definition) is 2. The number of carbonyl (C=O) groups excluding carboxylic acids is 2. The number of benzene rings is 2. The lowest BCUT2D eigenvalue weighted by atomic mass is 9.98. The summed E-state index contributed by atoms with van der Waals surface area (Å²) in [6, 6.07) is 15.6. The van der Waals surface area contributed by atoms with E-state index < -0.39 is 23.5 Å². The van der Waals surface area contributed by atoms with Crippen LogP contribution in [0.3, 0.4) is 0 Å². The summed E-state index contributed by atoms with van der Waals surface area (Å²) in [7, 11) is 0. The predicted molar refractivity (Wildman–Crippen MR) is 129 cm³/mol. The van der Waals surface area contributed by atoms with Gasteiger partial charge < -0.3 is 20.1 Å². The van der Waals surface area contributed by atoms with Crippen LogP contribution < -0.4 is 5.32 Å². The Morgan fingerprint density at radius 1 is 1.06 bits per heavy atom. The maximum absolute atomic E-state index is 13.4. The number of hydrogen-bond acceptors (Lipinski definition) is 4. The Morgan fingerprint density at radius 2 is 1.71 bits per heavy atom. The van der Waals surface area contributed by atoms with Crippen molar-refractivity contribution in [3.8, 4) is 11.1 Å². The van der Waals surface area contributed by atoms with E-state index in [1.54, 1.807) is 4.90 Å². The molecule has 7 nitrogen and oxygen atoms in total. The first-order valence-corrected chi connectivity index (χ1v) is 12.5. The number of amides is 2. The highest BCUT2D eigenvalue weighted by molar-refractivity contribution is 5.91. The van der Waals surface area contributed by atoms with Gasteiger partial charge in [-0.3, -0.25) is 4.79 Å². The molecule has 5 atom stereocenters. The van der Waals surface area contributed by atoms with Crippen LogP contribution in [0.5, 0.6) is 0 Å². The predicted octanol–water partition coefficient (Wildman–Crippen LogP) is 4.02. The molecular formula is C28H30N2O5. The van der Waals surface area contributed by atoms with E-state index in [0.29, 0.717) is 19.4 Å². The summed E-state index contributed by atoms with van der Waals surface area (Å²) in [6.45, 7) is 2.65. The topological polar surface area (TPSA) is 95.9 Å². The Kier molecular flexibility index (Phi) is 5.13. The fourth-order valence-electron chi connectivity index (χ4n) is 6.91. The second-order valence-electron chi connectivity index (χ2n) is 10.7. The molecule has 1 aliphatic heterocycles. The average Bonchev–Trinajstić information content (AvgIpc) is 3.12. The quantitative estimate of drug-likeness (QED) is 0.683. The van der Waals surface area contributed by atoms with Crippen molar-refractivity contribution in [1.82, 2.24) is 10.2 Å². The molecule has 0 spiro atoms. The Bertz CT molecular complexity index is 1170. The summed E-state index contributed by atoms with van der Waals surface area (Å²) in [4.78, 5) is 39.4. The number of aliphatic carboxylic acids is 1. The molecule has 2 amide bonds. The van der Waals surface area contributed by atoms with Gasteiger partial charge >= 0.3 is 12.1 Å². The molecule has 2 saturated carbocycles. The van der Waals surface area contributed by atoms with Crippen molar-refractivity contribution in [2.24, 2.45) is 17.3 Å². The summed E-state index contributed by atoms with van der Waals surface area (Å²) >= 11 is 0. The first-order valence-electron chi connectivity index (χ1n) is 12.5. The lowest BCUT2D eigenvalue weighted by molar-refractivity contribution is -0.151. The van der Waals surface area contributed by atoms with E-state index in [2.05, 4.69) is 29.6 Å². The smallest absolute Gasteiger partial charge is 0.407 e. The number of alkyl carbamates (subject to hydrolysis) is 1. The Hall–Kier alpha value is -3.35. The highest BCUT2D eigenvalue weighted by Crippen LogP contribution is 2.64. The standard InChI is InChI=1S/C28H30N2O5/c1-16-10-11-30(24(16)25(31)32)26(33)28-13-17(28)12-18(14-28)29-27(34)35-15-23-21-8-4-2-6-19(21)20-7-3-5-9-22(20)23/h2-9,16-18,23-24H,10-15H2,1H3,(H,29,34)(H,31,32)/t16?,17-,18+,24?,28+/m0/s1. The van der Waals surface area contributed by atoms with Crippen molar-refractivity contribution in [2.75, 3.05) is 13.2 Å². The average molecular weight is 475 g/mol. The number of nitrogens with zero attached hydrogens (tertiary/aromatic N) is 1. The molecule has 4 aliphatic rings. The van der Waals surface area contributed by atoms with Crippen molar-refractivity contribution in [3.05, 3.63) is 59.7 Å². The van der Waals surface area contributed by atoms with E-state index in [4.69, 9.17) is 4.74 Å². The third kappa shape index (κ3) is 3.51. The number of likely N-dealkylation sites (tertiary alicyclic amines) is 1. The van der Waals surface area contributed by atoms with Crippen LogP contribution in [0.25, 0.3) is 11.1 Å². The molecular weight excluding hydrogens is 444 g/mol. The van der Waals surface area contributed by atoms with Crippen LogP contribution >= 0.6 is 0 Å². The van der Waals surface area contributed by atoms with Crippen LogP contribution in [0.4, 0.5) is 4.79 Å². The van der Waals surface area contributed by atoms with Crippen molar-refractivity contribution in [3.63, 3.8) is 0 Å². The maximum atomic E-state index is 13.4. The Morgan fingerprint density at radius 3 is 2.37 bits per heavy atom. The molecule has 35 heavy (non-hydrogen) atoms. The number of rotatable bonds is 5. The third-order valence-electron chi connectivity index (χ3n) is 8.72. The van der Waals surface area contributed by atoms with Crippen molar-refractivity contribution < 1.29 is 24.2 Å². The molecule has 182 valence electrons. The van der Waals surface area contributed by atoms with Gasteiger partial charge in [-0.1, -0.05) is 55.5 Å². The minimum atomic E-state index is -0.928. The highest BCUT2D eigenvalue weighted by Gasteiger charge is 2.67. The van der Waals surface area contributed by atoms with Gasteiger partial charge in [0.2, 0.25) is 5.91 Å². The molecule has 2 aromatic carbocycles. The fraction of sp³-hybridized carbons (Fsp3) is 0.464. The monoisotopic (exact) mass is 474 g/mol. The highest BCUT2D eigenvalue weighted by atomic mass is 16.5. The van der Waals surface area contributed by atoms with Crippen LogP contribution in [-0.2, 0) is 14.3 Å². The third-order valence-corrected chi connectivity index (χ3v) is 8.72. The van der Waals surface area contributed by atoms with Gasteiger partial charge in [-0.25, -0.2) is 9.59 Å². The number of carboxylic acids is 1. The second kappa shape index (κ2) is 8.11. The van der Waals surface area contributed by atoms with Gasteiger partial charge in [0.15, 0.2) is 0 Å². The number of carbonyl (C=O) groups is 3. The van der Waals surface area contributed by atoms with Gasteiger partial charge in [-0.2, -0.15) is 0 Å².